The Morgan fingerprint density at radius 1 is 1.06 bits per heavy atom. The predicted octanol–water partition coefficient (Wildman–Crippen LogP) is 3.78. The van der Waals surface area contributed by atoms with Crippen molar-refractivity contribution in [1.82, 2.24) is 0 Å². The van der Waals surface area contributed by atoms with E-state index >= 15 is 0 Å². The summed E-state index contributed by atoms with van der Waals surface area (Å²) in [6.07, 6.45) is 0. The second-order valence-corrected chi connectivity index (χ2v) is 4.64. The fraction of sp³-hybridized carbons (Fsp3) is 0. The lowest BCUT2D eigenvalue weighted by Crippen LogP contribution is -1.96. The molecule has 86 valence electrons. The van der Waals surface area contributed by atoms with Crippen molar-refractivity contribution in [1.29, 1.82) is 0 Å². The Labute approximate surface area is 112 Å². The summed E-state index contributed by atoms with van der Waals surface area (Å²) in [5, 5.41) is 8.86. The maximum Gasteiger partial charge on any atom is 0.335 e. The van der Waals surface area contributed by atoms with Gasteiger partial charge in [0.05, 0.1) is 5.56 Å². The van der Waals surface area contributed by atoms with Gasteiger partial charge in [-0.1, -0.05) is 12.1 Å². The minimum atomic E-state index is -0.960. The van der Waals surface area contributed by atoms with Gasteiger partial charge in [-0.2, -0.15) is 0 Å². The van der Waals surface area contributed by atoms with Crippen LogP contribution in [0.5, 0.6) is 11.5 Å². The van der Waals surface area contributed by atoms with Crippen molar-refractivity contribution in [2.24, 2.45) is 0 Å². The Kier molecular flexibility index (Phi) is 3.63. The zero-order valence-corrected chi connectivity index (χ0v) is 10.9. The maximum absolute atomic E-state index is 10.8. The highest BCUT2D eigenvalue weighted by Gasteiger charge is 2.04. The standard InChI is InChI=1S/C13H9IO3/c14-10-4-2-6-12(8-10)17-11-5-1-3-9(7-11)13(15)16/h1-8H,(H,15,16). The molecule has 17 heavy (non-hydrogen) atoms. The molecule has 4 heteroatoms. The molecule has 0 spiro atoms. The highest BCUT2D eigenvalue weighted by atomic mass is 127. The van der Waals surface area contributed by atoms with Gasteiger partial charge in [0.15, 0.2) is 0 Å². The summed E-state index contributed by atoms with van der Waals surface area (Å²) in [5.41, 5.74) is 0.216. The van der Waals surface area contributed by atoms with Gasteiger partial charge in [0.1, 0.15) is 11.5 Å². The van der Waals surface area contributed by atoms with Crippen LogP contribution in [0.2, 0.25) is 0 Å². The van der Waals surface area contributed by atoms with E-state index in [4.69, 9.17) is 9.84 Å². The van der Waals surface area contributed by atoms with Crippen molar-refractivity contribution in [3.63, 3.8) is 0 Å². The summed E-state index contributed by atoms with van der Waals surface area (Å²) in [7, 11) is 0. The lowest BCUT2D eigenvalue weighted by molar-refractivity contribution is 0.0696. The monoisotopic (exact) mass is 340 g/mol. The Morgan fingerprint density at radius 3 is 2.35 bits per heavy atom. The first-order valence-electron chi connectivity index (χ1n) is 4.92. The van der Waals surface area contributed by atoms with Crippen LogP contribution in [0.25, 0.3) is 0 Å². The van der Waals surface area contributed by atoms with Crippen molar-refractivity contribution in [3.8, 4) is 11.5 Å². The molecule has 0 atom stereocenters. The van der Waals surface area contributed by atoms with E-state index in [1.165, 1.54) is 12.1 Å². The number of carboxylic acid groups (broad SMARTS) is 1. The average molecular weight is 340 g/mol. The number of hydrogen-bond donors (Lipinski definition) is 1. The molecule has 2 aromatic rings. The first kappa shape index (κ1) is 11.9. The second-order valence-electron chi connectivity index (χ2n) is 3.39. The molecule has 0 aliphatic carbocycles. The highest BCUT2D eigenvalue weighted by Crippen LogP contribution is 2.23. The molecule has 0 heterocycles. The number of halogens is 1. The number of ether oxygens (including phenoxy) is 1. The summed E-state index contributed by atoms with van der Waals surface area (Å²) in [6, 6.07) is 14.0. The second kappa shape index (κ2) is 5.18. The number of aromatic carboxylic acids is 1. The van der Waals surface area contributed by atoms with Crippen molar-refractivity contribution in [2.75, 3.05) is 0 Å². The first-order chi connectivity index (χ1) is 8.15. The molecule has 0 aliphatic heterocycles. The molecule has 0 aromatic heterocycles. The van der Waals surface area contributed by atoms with Crippen LogP contribution in [0.1, 0.15) is 10.4 Å². The van der Waals surface area contributed by atoms with Gasteiger partial charge in [-0.05, 0) is 59.0 Å². The van der Waals surface area contributed by atoms with Crippen LogP contribution in [0, 0.1) is 3.57 Å². The summed E-state index contributed by atoms with van der Waals surface area (Å²) in [5.74, 6) is 0.254. The molecular formula is C13H9IO3. The van der Waals surface area contributed by atoms with Gasteiger partial charge in [-0.3, -0.25) is 0 Å². The van der Waals surface area contributed by atoms with Gasteiger partial charge in [0, 0.05) is 3.57 Å². The smallest absolute Gasteiger partial charge is 0.335 e. The highest BCUT2D eigenvalue weighted by molar-refractivity contribution is 14.1. The van der Waals surface area contributed by atoms with E-state index in [9.17, 15) is 4.79 Å². The molecule has 0 fully saturated rings. The Hall–Kier alpha value is -1.56. The van der Waals surface area contributed by atoms with E-state index in [1.807, 2.05) is 24.3 Å². The molecule has 0 unspecified atom stereocenters. The molecule has 0 saturated heterocycles. The third-order valence-electron chi connectivity index (χ3n) is 2.11. The van der Waals surface area contributed by atoms with Gasteiger partial charge >= 0.3 is 5.97 Å². The molecule has 0 bridgehead atoms. The molecule has 2 aromatic carbocycles. The molecule has 0 radical (unpaired) electrons. The van der Waals surface area contributed by atoms with E-state index in [-0.39, 0.29) is 5.56 Å². The summed E-state index contributed by atoms with van der Waals surface area (Å²) < 4.78 is 6.65. The van der Waals surface area contributed by atoms with E-state index in [0.29, 0.717) is 11.5 Å². The minimum absolute atomic E-state index is 0.216. The summed E-state index contributed by atoms with van der Waals surface area (Å²) >= 11 is 2.19. The van der Waals surface area contributed by atoms with Crippen molar-refractivity contribution < 1.29 is 14.6 Å². The molecule has 3 nitrogen and oxygen atoms in total. The van der Waals surface area contributed by atoms with Crippen molar-refractivity contribution in [2.45, 2.75) is 0 Å². The van der Waals surface area contributed by atoms with Crippen LogP contribution in [0.15, 0.2) is 48.5 Å². The number of benzene rings is 2. The molecule has 0 aliphatic rings. The van der Waals surface area contributed by atoms with Crippen LogP contribution < -0.4 is 4.74 Å². The van der Waals surface area contributed by atoms with Gasteiger partial charge in [0.25, 0.3) is 0 Å². The van der Waals surface area contributed by atoms with Crippen LogP contribution in [0.4, 0.5) is 0 Å². The Morgan fingerprint density at radius 2 is 1.71 bits per heavy atom. The van der Waals surface area contributed by atoms with Crippen molar-refractivity contribution >= 4 is 28.6 Å². The molecule has 1 N–H and O–H groups in total. The van der Waals surface area contributed by atoms with E-state index in [0.717, 1.165) is 3.57 Å². The van der Waals surface area contributed by atoms with E-state index in [2.05, 4.69) is 22.6 Å². The zero-order valence-electron chi connectivity index (χ0n) is 8.76. The number of hydrogen-bond acceptors (Lipinski definition) is 2. The van der Waals surface area contributed by atoms with Gasteiger partial charge in [0.2, 0.25) is 0 Å². The lowest BCUT2D eigenvalue weighted by Gasteiger charge is -2.06. The lowest BCUT2D eigenvalue weighted by atomic mass is 10.2. The molecule has 2 rings (SSSR count). The predicted molar refractivity (Wildman–Crippen MR) is 72.6 cm³/mol. The number of carbonyl (C=O) groups is 1. The fourth-order valence-corrected chi connectivity index (χ4v) is 1.87. The third kappa shape index (κ3) is 3.20. The van der Waals surface area contributed by atoms with Crippen LogP contribution in [-0.4, -0.2) is 11.1 Å². The zero-order chi connectivity index (χ0) is 12.3. The fourth-order valence-electron chi connectivity index (χ4n) is 1.36. The first-order valence-corrected chi connectivity index (χ1v) is 6.00. The van der Waals surface area contributed by atoms with Crippen LogP contribution in [0.3, 0.4) is 0 Å². The minimum Gasteiger partial charge on any atom is -0.478 e. The van der Waals surface area contributed by atoms with Crippen LogP contribution >= 0.6 is 22.6 Å². The van der Waals surface area contributed by atoms with Crippen LogP contribution in [-0.2, 0) is 0 Å². The number of carboxylic acids is 1. The maximum atomic E-state index is 10.8. The molecule has 0 amide bonds. The van der Waals surface area contributed by atoms with E-state index in [1.54, 1.807) is 12.1 Å². The largest absolute Gasteiger partial charge is 0.478 e. The van der Waals surface area contributed by atoms with Gasteiger partial charge in [-0.25, -0.2) is 4.79 Å². The average Bonchev–Trinajstić information content (AvgIpc) is 2.29. The van der Waals surface area contributed by atoms with Crippen molar-refractivity contribution in [3.05, 3.63) is 57.7 Å². The quantitative estimate of drug-likeness (QED) is 0.865. The molecule has 0 saturated carbocycles. The number of rotatable bonds is 3. The van der Waals surface area contributed by atoms with Gasteiger partial charge in [-0.15, -0.1) is 0 Å². The SMILES string of the molecule is O=C(O)c1cccc(Oc2cccc(I)c2)c1. The summed E-state index contributed by atoms with van der Waals surface area (Å²) in [6.45, 7) is 0. The third-order valence-corrected chi connectivity index (χ3v) is 2.78. The van der Waals surface area contributed by atoms with E-state index < -0.39 is 5.97 Å². The summed E-state index contributed by atoms with van der Waals surface area (Å²) in [4.78, 5) is 10.8. The molecular weight excluding hydrogens is 331 g/mol. The normalized spacial score (nSPS) is 9.94. The Bertz CT molecular complexity index is 552. The Balaban J connectivity index is 2.24. The van der Waals surface area contributed by atoms with Gasteiger partial charge < -0.3 is 9.84 Å². The topological polar surface area (TPSA) is 46.5 Å².